The largest absolute Gasteiger partial charge is 0.508 e. The summed E-state index contributed by atoms with van der Waals surface area (Å²) in [5, 5.41) is 36.4. The summed E-state index contributed by atoms with van der Waals surface area (Å²) in [5.74, 6) is 1.43. The van der Waals surface area contributed by atoms with Crippen LogP contribution in [-0.2, 0) is 29.0 Å². The van der Waals surface area contributed by atoms with Gasteiger partial charge in [-0.25, -0.2) is 19.2 Å². The Morgan fingerprint density at radius 1 is 0.714 bits per heavy atom. The van der Waals surface area contributed by atoms with Gasteiger partial charge in [0.15, 0.2) is 6.11 Å². The molecular formula is C39H40O17. The average Bonchev–Trinajstić information content (AvgIpc) is 3.17. The molecule has 0 radical (unpaired) electrons. The van der Waals surface area contributed by atoms with Crippen LogP contribution in [0.3, 0.4) is 0 Å². The quantitative estimate of drug-likeness (QED) is 0.0227. The first-order valence-corrected chi connectivity index (χ1v) is 16.5. The molecule has 2 heterocycles. The Bertz CT molecular complexity index is 2230. The van der Waals surface area contributed by atoms with Crippen LogP contribution in [0.5, 0.6) is 23.0 Å². The maximum Gasteiger partial charge on any atom is 0.351 e. The molecule has 56 heavy (non-hydrogen) atoms. The smallest absolute Gasteiger partial charge is 0.351 e. The first-order valence-electron chi connectivity index (χ1n) is 16.5. The zero-order valence-corrected chi connectivity index (χ0v) is 30.9. The van der Waals surface area contributed by atoms with Crippen LogP contribution in [0, 0.1) is 12.0 Å². The number of benzene rings is 3. The minimum Gasteiger partial charge on any atom is -0.508 e. The van der Waals surface area contributed by atoms with Crippen molar-refractivity contribution in [2.75, 3.05) is 33.5 Å². The summed E-state index contributed by atoms with van der Waals surface area (Å²) in [6.07, 6.45) is 3.62. The van der Waals surface area contributed by atoms with Crippen LogP contribution in [0.4, 0.5) is 0 Å². The summed E-state index contributed by atoms with van der Waals surface area (Å²) in [5.41, 5.74) is -1.64. The molecule has 0 aliphatic carbocycles. The molecule has 3 aromatic carbocycles. The molecule has 0 amide bonds. The third-order valence-corrected chi connectivity index (χ3v) is 6.23. The lowest BCUT2D eigenvalue weighted by molar-refractivity contribution is -0.255. The highest BCUT2D eigenvalue weighted by molar-refractivity contribution is 5.93. The fourth-order valence-electron chi connectivity index (χ4n) is 3.82. The fraction of sp³-hybridized carbons (Fsp3) is 0.231. The van der Waals surface area contributed by atoms with Gasteiger partial charge in [0.2, 0.25) is 0 Å². The first-order chi connectivity index (χ1) is 26.9. The van der Waals surface area contributed by atoms with Crippen LogP contribution >= 0.6 is 0 Å². The molecule has 0 bridgehead atoms. The second-order valence-corrected chi connectivity index (χ2v) is 10.2. The van der Waals surface area contributed by atoms with E-state index in [2.05, 4.69) is 21.8 Å². The minimum absolute atomic E-state index is 0.00969. The summed E-state index contributed by atoms with van der Waals surface area (Å²) in [4.78, 5) is 63.5. The van der Waals surface area contributed by atoms with Gasteiger partial charge in [-0.2, -0.15) is 9.78 Å². The van der Waals surface area contributed by atoms with Crippen molar-refractivity contribution in [3.05, 3.63) is 117 Å². The topological polar surface area (TPSA) is 240 Å². The molecule has 0 aliphatic heterocycles. The molecule has 0 aliphatic rings. The summed E-state index contributed by atoms with van der Waals surface area (Å²) < 4.78 is 24.5. The number of aromatic hydroxyl groups is 3. The number of methoxy groups -OCH3 is 1. The fourth-order valence-corrected chi connectivity index (χ4v) is 3.82. The third-order valence-electron chi connectivity index (χ3n) is 6.23. The molecule has 0 atom stereocenters. The van der Waals surface area contributed by atoms with Gasteiger partial charge < -0.3 is 48.4 Å². The summed E-state index contributed by atoms with van der Waals surface area (Å²) in [7, 11) is 1.49. The van der Waals surface area contributed by atoms with E-state index in [1.807, 2.05) is 6.92 Å². The number of phenols is 3. The van der Waals surface area contributed by atoms with Gasteiger partial charge in [0.25, 0.3) is 5.76 Å². The maximum atomic E-state index is 11.5. The van der Waals surface area contributed by atoms with Gasteiger partial charge in [0.05, 0.1) is 33.5 Å². The van der Waals surface area contributed by atoms with Crippen molar-refractivity contribution in [2.45, 2.75) is 27.7 Å². The van der Waals surface area contributed by atoms with E-state index < -0.39 is 23.2 Å². The summed E-state index contributed by atoms with van der Waals surface area (Å²) in [6, 6.07) is 17.6. The number of rotatable bonds is 11. The lowest BCUT2D eigenvalue weighted by atomic mass is 10.2. The SMILES string of the molecule is CCO/C=C(\C#COOCC)OOCC.CCOC(=O)c1cc2ccc(O)cc2oc1=O.COc1ccc2cc(C(=O)O)c(=O)oc2c1.Oc1cccc(O)c1. The Kier molecular flexibility index (Phi) is 19.5. The highest BCUT2D eigenvalue weighted by Gasteiger charge is 2.15. The molecule has 4 N–H and O–H groups in total. The summed E-state index contributed by atoms with van der Waals surface area (Å²) in [6.45, 7) is 8.62. The van der Waals surface area contributed by atoms with Gasteiger partial charge in [-0.1, -0.05) is 6.07 Å². The van der Waals surface area contributed by atoms with E-state index in [-0.39, 0.29) is 46.3 Å². The molecule has 5 aromatic rings. The van der Waals surface area contributed by atoms with Crippen molar-refractivity contribution in [2.24, 2.45) is 0 Å². The Balaban J connectivity index is 0.000000265. The van der Waals surface area contributed by atoms with Crippen molar-refractivity contribution in [1.82, 2.24) is 0 Å². The molecule has 5 rings (SSSR count). The number of phenolic OH excluding ortho intramolecular Hbond substituents is 3. The average molecular weight is 781 g/mol. The number of carboxylic acid groups (broad SMARTS) is 1. The normalized spacial score (nSPS) is 10.1. The van der Waals surface area contributed by atoms with Crippen LogP contribution in [0.1, 0.15) is 48.4 Å². The number of fused-ring (bicyclic) bond motifs is 2. The molecule has 0 saturated carbocycles. The first kappa shape index (κ1) is 45.0. The minimum atomic E-state index is -1.30. The van der Waals surface area contributed by atoms with Gasteiger partial charge in [-0.3, -0.25) is 4.89 Å². The Morgan fingerprint density at radius 2 is 1.30 bits per heavy atom. The maximum absolute atomic E-state index is 11.5. The number of ether oxygens (including phenoxy) is 3. The monoisotopic (exact) mass is 780 g/mol. The van der Waals surface area contributed by atoms with E-state index >= 15 is 0 Å². The molecule has 17 nitrogen and oxygen atoms in total. The van der Waals surface area contributed by atoms with Crippen molar-refractivity contribution < 1.29 is 72.6 Å². The van der Waals surface area contributed by atoms with Crippen LogP contribution in [0.25, 0.3) is 21.9 Å². The Morgan fingerprint density at radius 3 is 1.86 bits per heavy atom. The molecule has 0 saturated heterocycles. The zero-order chi connectivity index (χ0) is 41.5. The predicted octanol–water partition coefficient (Wildman–Crippen LogP) is 6.03. The number of carbonyl (C=O) groups is 2. The van der Waals surface area contributed by atoms with Gasteiger partial charge in [0, 0.05) is 34.9 Å². The molecule has 0 unspecified atom stereocenters. The Labute approximate surface area is 319 Å². The predicted molar refractivity (Wildman–Crippen MR) is 199 cm³/mol. The second kappa shape index (κ2) is 24.2. The number of carbonyl (C=O) groups excluding carboxylic acids is 1. The van der Waals surface area contributed by atoms with Crippen molar-refractivity contribution >= 4 is 33.9 Å². The van der Waals surface area contributed by atoms with E-state index in [1.165, 1.54) is 61.9 Å². The molecule has 17 heteroatoms. The standard InChI is InChI=1S/C12H10O5.C11H8O5.C10H16O5.C6H6O2/c1-2-16-11(14)9-5-7-3-4-8(13)6-10(7)17-12(9)15;1-15-7-3-2-6-4-8(10(12)13)11(14)16-9(6)5-7;1-4-11-9-10(15-13-6-3)7-8-14-12-5-2;7-5-2-1-3-6(8)4-5/h3-6,13H,2H2,1H3;2-5H,1H3,(H,12,13);9H,4-6H2,1-3H3;1-4,7-8H/b;;10-9+;. The zero-order valence-electron chi connectivity index (χ0n) is 30.9. The van der Waals surface area contributed by atoms with E-state index in [0.29, 0.717) is 41.9 Å². The number of hydrogen-bond donors (Lipinski definition) is 4. The molecular weight excluding hydrogens is 740 g/mol. The number of allylic oxidation sites excluding steroid dienone is 1. The highest BCUT2D eigenvalue weighted by Crippen LogP contribution is 2.21. The number of hydrogen-bond acceptors (Lipinski definition) is 16. The van der Waals surface area contributed by atoms with Crippen molar-refractivity contribution in [1.29, 1.82) is 0 Å². The van der Waals surface area contributed by atoms with Crippen molar-refractivity contribution in [3.8, 4) is 35.0 Å². The number of esters is 1. The molecule has 2 aromatic heterocycles. The molecule has 0 spiro atoms. The van der Waals surface area contributed by atoms with Crippen LogP contribution in [-0.4, -0.2) is 65.9 Å². The lowest BCUT2D eigenvalue weighted by Gasteiger charge is -2.02. The van der Waals surface area contributed by atoms with E-state index in [0.717, 1.165) is 0 Å². The number of aromatic carboxylic acids is 1. The van der Waals surface area contributed by atoms with Gasteiger partial charge in [-0.05, 0) is 76.2 Å². The van der Waals surface area contributed by atoms with Crippen LogP contribution < -0.4 is 16.0 Å². The van der Waals surface area contributed by atoms with E-state index in [1.54, 1.807) is 45.0 Å². The van der Waals surface area contributed by atoms with Crippen LogP contribution in [0.15, 0.2) is 103 Å². The lowest BCUT2D eigenvalue weighted by Crippen LogP contribution is -2.16. The molecule has 298 valence electrons. The van der Waals surface area contributed by atoms with Gasteiger partial charge in [-0.15, -0.1) is 0 Å². The highest BCUT2D eigenvalue weighted by atomic mass is 17.2. The van der Waals surface area contributed by atoms with E-state index in [9.17, 15) is 24.3 Å². The molecule has 0 fully saturated rings. The summed E-state index contributed by atoms with van der Waals surface area (Å²) >= 11 is 0. The van der Waals surface area contributed by atoms with Gasteiger partial charge >= 0.3 is 23.2 Å². The van der Waals surface area contributed by atoms with Crippen molar-refractivity contribution in [3.63, 3.8) is 0 Å². The Hall–Kier alpha value is -7.16. The second-order valence-electron chi connectivity index (χ2n) is 10.2. The van der Waals surface area contributed by atoms with Gasteiger partial charge in [0.1, 0.15) is 51.6 Å². The third kappa shape index (κ3) is 15.4. The van der Waals surface area contributed by atoms with E-state index in [4.69, 9.17) is 48.1 Å². The number of carboxylic acids is 1. The van der Waals surface area contributed by atoms with Crippen LogP contribution in [0.2, 0.25) is 0 Å².